The lowest BCUT2D eigenvalue weighted by atomic mass is 10.2. The normalized spacial score (nSPS) is 10.0. The Balaban J connectivity index is 2.12. The first-order valence-electron chi connectivity index (χ1n) is 7.09. The van der Waals surface area contributed by atoms with Crippen molar-refractivity contribution < 1.29 is 4.43 Å². The van der Waals surface area contributed by atoms with Crippen molar-refractivity contribution in [3.8, 4) is 23.7 Å². The monoisotopic (exact) mass is 290 g/mol. The topological polar surface area (TPSA) is 9.23 Å². The summed E-state index contributed by atoms with van der Waals surface area (Å²) < 4.78 is 5.61. The second-order valence-corrected chi connectivity index (χ2v) is 6.04. The van der Waals surface area contributed by atoms with Crippen molar-refractivity contribution in [3.63, 3.8) is 0 Å². The van der Waals surface area contributed by atoms with Gasteiger partial charge < -0.3 is 4.43 Å². The molecule has 21 heavy (non-hydrogen) atoms. The highest BCUT2D eigenvalue weighted by molar-refractivity contribution is 6.32. The molecular formula is C19H18OSi. The predicted octanol–water partition coefficient (Wildman–Crippen LogP) is 3.00. The highest BCUT2D eigenvalue weighted by atomic mass is 28.2. The van der Waals surface area contributed by atoms with Crippen LogP contribution in [0.3, 0.4) is 0 Å². The second kappa shape index (κ2) is 8.82. The van der Waals surface area contributed by atoms with Crippen molar-refractivity contribution in [1.29, 1.82) is 0 Å². The number of benzene rings is 2. The van der Waals surface area contributed by atoms with E-state index in [4.69, 9.17) is 4.43 Å². The molecule has 0 spiro atoms. The molecule has 0 bridgehead atoms. The quantitative estimate of drug-likeness (QED) is 0.624. The van der Waals surface area contributed by atoms with Gasteiger partial charge in [-0.3, -0.25) is 0 Å². The van der Waals surface area contributed by atoms with Gasteiger partial charge in [0.1, 0.15) is 0 Å². The van der Waals surface area contributed by atoms with Crippen LogP contribution in [0.1, 0.15) is 18.1 Å². The minimum Gasteiger partial charge on any atom is -0.422 e. The number of rotatable bonds is 3. The Morgan fingerprint density at radius 1 is 0.857 bits per heavy atom. The molecule has 0 saturated carbocycles. The third-order valence-electron chi connectivity index (χ3n) is 2.82. The molecule has 0 aliphatic carbocycles. The fraction of sp³-hybridized carbons (Fsp3) is 0.158. The maximum atomic E-state index is 5.61. The molecule has 0 N–H and O–H groups in total. The van der Waals surface area contributed by atoms with Gasteiger partial charge in [-0.15, -0.1) is 0 Å². The SMILES string of the molecule is CCO[SiH2]C(C#Cc1ccccc1)C#Cc1ccccc1. The third-order valence-corrected chi connectivity index (χ3v) is 4.20. The molecule has 0 radical (unpaired) electrons. The van der Waals surface area contributed by atoms with Crippen LogP contribution >= 0.6 is 0 Å². The van der Waals surface area contributed by atoms with E-state index in [2.05, 4.69) is 23.7 Å². The molecule has 104 valence electrons. The van der Waals surface area contributed by atoms with E-state index >= 15 is 0 Å². The maximum absolute atomic E-state index is 5.61. The van der Waals surface area contributed by atoms with Gasteiger partial charge in [-0.05, 0) is 31.2 Å². The second-order valence-electron chi connectivity index (χ2n) is 4.48. The fourth-order valence-electron chi connectivity index (χ4n) is 1.74. The Kier molecular flexibility index (Phi) is 6.35. The van der Waals surface area contributed by atoms with Gasteiger partial charge >= 0.3 is 0 Å². The molecule has 0 saturated heterocycles. The Hall–Kier alpha value is -2.26. The summed E-state index contributed by atoms with van der Waals surface area (Å²) in [6, 6.07) is 20.0. The molecule has 0 aliphatic heterocycles. The highest BCUT2D eigenvalue weighted by Crippen LogP contribution is 2.04. The Morgan fingerprint density at radius 2 is 1.33 bits per heavy atom. The smallest absolute Gasteiger partial charge is 0.189 e. The van der Waals surface area contributed by atoms with E-state index in [1.54, 1.807) is 0 Å². The van der Waals surface area contributed by atoms with E-state index in [9.17, 15) is 0 Å². The van der Waals surface area contributed by atoms with Crippen molar-refractivity contribution in [2.75, 3.05) is 6.61 Å². The summed E-state index contributed by atoms with van der Waals surface area (Å²) in [5, 5.41) is 0. The predicted molar refractivity (Wildman–Crippen MR) is 90.6 cm³/mol. The molecule has 2 rings (SSSR count). The first kappa shape index (κ1) is 15.1. The summed E-state index contributed by atoms with van der Waals surface area (Å²) in [6.45, 7) is 2.75. The summed E-state index contributed by atoms with van der Waals surface area (Å²) in [7, 11) is -0.754. The molecule has 2 aromatic rings. The van der Waals surface area contributed by atoms with Gasteiger partial charge in [-0.25, -0.2) is 0 Å². The summed E-state index contributed by atoms with van der Waals surface area (Å²) in [4.78, 5) is 0. The largest absolute Gasteiger partial charge is 0.422 e. The van der Waals surface area contributed by atoms with Gasteiger partial charge in [-0.2, -0.15) is 0 Å². The molecule has 2 aromatic carbocycles. The van der Waals surface area contributed by atoms with Crippen molar-refractivity contribution in [2.24, 2.45) is 0 Å². The lowest BCUT2D eigenvalue weighted by Gasteiger charge is -2.01. The van der Waals surface area contributed by atoms with Crippen molar-refractivity contribution >= 4 is 9.76 Å². The summed E-state index contributed by atoms with van der Waals surface area (Å²) in [5.41, 5.74) is 2.11. The van der Waals surface area contributed by atoms with Gasteiger partial charge in [0.15, 0.2) is 9.76 Å². The van der Waals surface area contributed by atoms with Crippen LogP contribution in [0.2, 0.25) is 5.54 Å². The van der Waals surface area contributed by atoms with Gasteiger partial charge in [0.25, 0.3) is 0 Å². The zero-order valence-corrected chi connectivity index (χ0v) is 13.6. The Morgan fingerprint density at radius 3 is 1.76 bits per heavy atom. The van der Waals surface area contributed by atoms with Crippen LogP contribution in [0.15, 0.2) is 60.7 Å². The Bertz CT molecular complexity index is 599. The third kappa shape index (κ3) is 5.71. The van der Waals surface area contributed by atoms with Crippen LogP contribution in [-0.2, 0) is 4.43 Å². The van der Waals surface area contributed by atoms with E-state index in [-0.39, 0.29) is 5.54 Å². The van der Waals surface area contributed by atoms with Gasteiger partial charge in [0.2, 0.25) is 0 Å². The summed E-state index contributed by atoms with van der Waals surface area (Å²) in [5.74, 6) is 12.9. The van der Waals surface area contributed by atoms with E-state index in [1.807, 2.05) is 67.6 Å². The molecule has 1 nitrogen and oxygen atoms in total. The van der Waals surface area contributed by atoms with Crippen LogP contribution < -0.4 is 0 Å². The molecule has 0 atom stereocenters. The first-order chi connectivity index (χ1) is 10.4. The first-order valence-corrected chi connectivity index (χ1v) is 8.49. The molecule has 2 heteroatoms. The van der Waals surface area contributed by atoms with Crippen LogP contribution in [0.4, 0.5) is 0 Å². The van der Waals surface area contributed by atoms with Gasteiger partial charge in [-0.1, -0.05) is 60.1 Å². The fourth-order valence-corrected chi connectivity index (χ4v) is 2.58. The Labute approximate surface area is 129 Å². The summed E-state index contributed by atoms with van der Waals surface area (Å²) >= 11 is 0. The van der Waals surface area contributed by atoms with Crippen LogP contribution in [0.5, 0.6) is 0 Å². The minimum absolute atomic E-state index is 0.0605. The number of hydrogen-bond donors (Lipinski definition) is 0. The lowest BCUT2D eigenvalue weighted by molar-refractivity contribution is 0.359. The van der Waals surface area contributed by atoms with Crippen LogP contribution in [0.25, 0.3) is 0 Å². The molecular weight excluding hydrogens is 272 g/mol. The molecule has 0 aliphatic rings. The lowest BCUT2D eigenvalue weighted by Crippen LogP contribution is -2.05. The zero-order chi connectivity index (χ0) is 14.8. The molecule has 0 heterocycles. The molecule has 0 aromatic heterocycles. The van der Waals surface area contributed by atoms with Crippen LogP contribution in [0, 0.1) is 23.7 Å². The molecule has 0 fully saturated rings. The zero-order valence-electron chi connectivity index (χ0n) is 12.2. The van der Waals surface area contributed by atoms with Gasteiger partial charge in [0, 0.05) is 17.7 Å². The van der Waals surface area contributed by atoms with Crippen molar-refractivity contribution in [1.82, 2.24) is 0 Å². The van der Waals surface area contributed by atoms with E-state index in [1.165, 1.54) is 0 Å². The van der Waals surface area contributed by atoms with Crippen molar-refractivity contribution in [3.05, 3.63) is 71.8 Å². The summed E-state index contributed by atoms with van der Waals surface area (Å²) in [6.07, 6.45) is 0. The van der Waals surface area contributed by atoms with E-state index in [0.29, 0.717) is 0 Å². The molecule has 0 amide bonds. The van der Waals surface area contributed by atoms with Gasteiger partial charge in [0.05, 0.1) is 5.54 Å². The minimum atomic E-state index is -0.754. The van der Waals surface area contributed by atoms with E-state index in [0.717, 1.165) is 17.7 Å². The van der Waals surface area contributed by atoms with Crippen molar-refractivity contribution in [2.45, 2.75) is 12.5 Å². The van der Waals surface area contributed by atoms with E-state index < -0.39 is 9.76 Å². The molecule has 0 unspecified atom stereocenters. The average molecular weight is 290 g/mol. The van der Waals surface area contributed by atoms with Crippen LogP contribution in [-0.4, -0.2) is 16.4 Å². The average Bonchev–Trinajstić information content (AvgIpc) is 2.56. The highest BCUT2D eigenvalue weighted by Gasteiger charge is 2.01. The maximum Gasteiger partial charge on any atom is 0.189 e. The number of hydrogen-bond acceptors (Lipinski definition) is 1. The standard InChI is InChI=1S/C19H18OSi/c1-2-20-21-19(15-13-17-9-5-3-6-10-17)16-14-18-11-7-4-8-12-18/h3-12,19H,2,21H2,1H3.